The van der Waals surface area contributed by atoms with Gasteiger partial charge in [0.2, 0.25) is 5.95 Å². The minimum Gasteiger partial charge on any atom is -0.352 e. The van der Waals surface area contributed by atoms with E-state index in [-0.39, 0.29) is 5.56 Å². The molecule has 0 aliphatic carbocycles. The van der Waals surface area contributed by atoms with Gasteiger partial charge in [0, 0.05) is 6.54 Å². The summed E-state index contributed by atoms with van der Waals surface area (Å²) in [6.07, 6.45) is 0. The Hall–Kier alpha value is -2.15. The number of anilines is 1. The minimum atomic E-state index is -0.251. The van der Waals surface area contributed by atoms with E-state index in [2.05, 4.69) is 41.2 Å². The SMILES string of the molecule is O=c1[nH]c(NCc2ccccc2)nc2nc(Br)[nH]c12. The Kier molecular flexibility index (Phi) is 3.04. The van der Waals surface area contributed by atoms with E-state index < -0.39 is 0 Å². The maximum atomic E-state index is 11.8. The smallest absolute Gasteiger partial charge is 0.278 e. The van der Waals surface area contributed by atoms with Gasteiger partial charge in [-0.1, -0.05) is 30.3 Å². The highest BCUT2D eigenvalue weighted by molar-refractivity contribution is 9.10. The van der Waals surface area contributed by atoms with Crippen LogP contribution in [0.2, 0.25) is 0 Å². The predicted octanol–water partition coefficient (Wildman–Crippen LogP) is 2.02. The van der Waals surface area contributed by atoms with E-state index in [1.165, 1.54) is 0 Å². The van der Waals surface area contributed by atoms with Crippen molar-refractivity contribution in [1.29, 1.82) is 0 Å². The lowest BCUT2D eigenvalue weighted by Gasteiger charge is -2.04. The fourth-order valence-corrected chi connectivity index (χ4v) is 2.11. The van der Waals surface area contributed by atoms with Gasteiger partial charge in [0.05, 0.1) is 0 Å². The largest absolute Gasteiger partial charge is 0.352 e. The van der Waals surface area contributed by atoms with E-state index in [1.54, 1.807) is 0 Å². The van der Waals surface area contributed by atoms with Crippen molar-refractivity contribution in [2.75, 3.05) is 5.32 Å². The van der Waals surface area contributed by atoms with Crippen molar-refractivity contribution in [2.24, 2.45) is 0 Å². The maximum absolute atomic E-state index is 11.8. The summed E-state index contributed by atoms with van der Waals surface area (Å²) in [7, 11) is 0. The molecule has 2 heterocycles. The Labute approximate surface area is 116 Å². The molecule has 0 aliphatic heterocycles. The number of halogens is 1. The van der Waals surface area contributed by atoms with E-state index in [0.29, 0.717) is 28.4 Å². The maximum Gasteiger partial charge on any atom is 0.278 e. The first kappa shape index (κ1) is 11.9. The molecule has 0 atom stereocenters. The van der Waals surface area contributed by atoms with Crippen molar-refractivity contribution in [3.05, 3.63) is 51.0 Å². The van der Waals surface area contributed by atoms with Crippen LogP contribution in [0.5, 0.6) is 0 Å². The number of rotatable bonds is 3. The van der Waals surface area contributed by atoms with E-state index in [1.807, 2.05) is 30.3 Å². The standard InChI is InChI=1S/C12H10BrN5O/c13-11-15-8-9(16-11)17-12(18-10(8)19)14-6-7-4-2-1-3-5-7/h1-5H,6H2,(H3,14,15,16,17,18,19). The monoisotopic (exact) mass is 319 g/mol. The molecule has 3 N–H and O–H groups in total. The highest BCUT2D eigenvalue weighted by atomic mass is 79.9. The number of nitrogens with one attached hydrogen (secondary N) is 3. The second-order valence-corrected chi connectivity index (χ2v) is 4.73. The first-order valence-electron chi connectivity index (χ1n) is 5.66. The zero-order valence-electron chi connectivity index (χ0n) is 9.77. The molecule has 0 unspecified atom stereocenters. The van der Waals surface area contributed by atoms with Gasteiger partial charge in [-0.3, -0.25) is 9.78 Å². The van der Waals surface area contributed by atoms with Crippen LogP contribution in [0.15, 0.2) is 39.9 Å². The second kappa shape index (κ2) is 4.85. The normalized spacial score (nSPS) is 10.8. The van der Waals surface area contributed by atoms with Crippen molar-refractivity contribution >= 4 is 33.0 Å². The number of benzene rings is 1. The lowest BCUT2D eigenvalue weighted by molar-refractivity contribution is 1.05. The van der Waals surface area contributed by atoms with Crippen molar-refractivity contribution in [2.45, 2.75) is 6.54 Å². The molecular weight excluding hydrogens is 310 g/mol. The van der Waals surface area contributed by atoms with E-state index >= 15 is 0 Å². The van der Waals surface area contributed by atoms with Crippen molar-refractivity contribution in [3.63, 3.8) is 0 Å². The molecule has 3 aromatic rings. The summed E-state index contributed by atoms with van der Waals surface area (Å²) in [6.45, 7) is 0.584. The number of imidazole rings is 1. The Balaban J connectivity index is 1.87. The topological polar surface area (TPSA) is 86.5 Å². The number of aromatic nitrogens is 4. The molecule has 0 aliphatic rings. The fraction of sp³-hybridized carbons (Fsp3) is 0.0833. The van der Waals surface area contributed by atoms with Gasteiger partial charge in [-0.15, -0.1) is 0 Å². The van der Waals surface area contributed by atoms with Crippen molar-refractivity contribution < 1.29 is 0 Å². The van der Waals surface area contributed by atoms with Crippen LogP contribution < -0.4 is 10.9 Å². The lowest BCUT2D eigenvalue weighted by atomic mass is 10.2. The Morgan fingerprint density at radius 2 is 1.95 bits per heavy atom. The third kappa shape index (κ3) is 2.50. The number of hydrogen-bond donors (Lipinski definition) is 3. The first-order valence-corrected chi connectivity index (χ1v) is 6.45. The molecule has 0 saturated heterocycles. The van der Waals surface area contributed by atoms with Gasteiger partial charge in [0.1, 0.15) is 0 Å². The number of hydrogen-bond acceptors (Lipinski definition) is 4. The quantitative estimate of drug-likeness (QED) is 0.645. The molecule has 0 bridgehead atoms. The summed E-state index contributed by atoms with van der Waals surface area (Å²) in [6, 6.07) is 9.86. The summed E-state index contributed by atoms with van der Waals surface area (Å²) < 4.78 is 0.487. The average Bonchev–Trinajstić information content (AvgIpc) is 2.79. The van der Waals surface area contributed by atoms with E-state index in [0.717, 1.165) is 5.56 Å². The number of aromatic amines is 2. The van der Waals surface area contributed by atoms with Crippen LogP contribution in [0.3, 0.4) is 0 Å². The van der Waals surface area contributed by atoms with E-state index in [4.69, 9.17) is 0 Å². The van der Waals surface area contributed by atoms with Crippen LogP contribution >= 0.6 is 15.9 Å². The third-order valence-corrected chi connectivity index (χ3v) is 3.01. The third-order valence-electron chi connectivity index (χ3n) is 2.64. The van der Waals surface area contributed by atoms with Gasteiger partial charge in [0.15, 0.2) is 15.9 Å². The molecule has 0 radical (unpaired) electrons. The highest BCUT2D eigenvalue weighted by Crippen LogP contribution is 2.10. The molecule has 1 aromatic carbocycles. The van der Waals surface area contributed by atoms with Crippen molar-refractivity contribution in [3.8, 4) is 0 Å². The molecule has 0 fully saturated rings. The zero-order chi connectivity index (χ0) is 13.2. The Morgan fingerprint density at radius 1 is 1.16 bits per heavy atom. The molecule has 0 spiro atoms. The zero-order valence-corrected chi connectivity index (χ0v) is 11.4. The van der Waals surface area contributed by atoms with Gasteiger partial charge < -0.3 is 10.3 Å². The molecule has 6 nitrogen and oxygen atoms in total. The Morgan fingerprint density at radius 3 is 2.74 bits per heavy atom. The predicted molar refractivity (Wildman–Crippen MR) is 76.0 cm³/mol. The van der Waals surface area contributed by atoms with Gasteiger partial charge >= 0.3 is 0 Å². The summed E-state index contributed by atoms with van der Waals surface area (Å²) in [5, 5.41) is 3.07. The highest BCUT2D eigenvalue weighted by Gasteiger charge is 2.07. The first-order chi connectivity index (χ1) is 9.22. The second-order valence-electron chi connectivity index (χ2n) is 3.98. The van der Waals surface area contributed by atoms with Gasteiger partial charge in [-0.2, -0.15) is 4.98 Å². The number of fused-ring (bicyclic) bond motifs is 1. The molecule has 19 heavy (non-hydrogen) atoms. The molecular formula is C12H10BrN5O. The van der Waals surface area contributed by atoms with Gasteiger partial charge in [-0.05, 0) is 21.5 Å². The van der Waals surface area contributed by atoms with Crippen LogP contribution in [0.25, 0.3) is 11.2 Å². The van der Waals surface area contributed by atoms with E-state index in [9.17, 15) is 4.79 Å². The molecule has 0 amide bonds. The van der Waals surface area contributed by atoms with Crippen LogP contribution in [0.1, 0.15) is 5.56 Å². The minimum absolute atomic E-state index is 0.251. The summed E-state index contributed by atoms with van der Waals surface area (Å²) in [5.74, 6) is 0.403. The number of H-pyrrole nitrogens is 2. The molecule has 96 valence electrons. The van der Waals surface area contributed by atoms with Crippen LogP contribution in [-0.4, -0.2) is 19.9 Å². The summed E-state index contributed by atoms with van der Waals surface area (Å²) in [4.78, 5) is 25.6. The Bertz CT molecular complexity index is 765. The number of nitrogens with zero attached hydrogens (tertiary/aromatic N) is 2. The molecule has 7 heteroatoms. The lowest BCUT2D eigenvalue weighted by Crippen LogP contribution is -2.13. The molecule has 2 aromatic heterocycles. The van der Waals surface area contributed by atoms with Crippen LogP contribution in [0.4, 0.5) is 5.95 Å². The van der Waals surface area contributed by atoms with Crippen LogP contribution in [-0.2, 0) is 6.54 Å². The average molecular weight is 320 g/mol. The molecule has 3 rings (SSSR count). The summed E-state index contributed by atoms with van der Waals surface area (Å²) >= 11 is 3.18. The van der Waals surface area contributed by atoms with Gasteiger partial charge in [0.25, 0.3) is 5.56 Å². The van der Waals surface area contributed by atoms with Crippen molar-refractivity contribution in [1.82, 2.24) is 19.9 Å². The fourth-order valence-electron chi connectivity index (χ4n) is 1.74. The van der Waals surface area contributed by atoms with Gasteiger partial charge in [-0.25, -0.2) is 4.98 Å². The van der Waals surface area contributed by atoms with Crippen LogP contribution in [0, 0.1) is 0 Å². The summed E-state index contributed by atoms with van der Waals surface area (Å²) in [5.41, 5.74) is 1.59. The molecule has 0 saturated carbocycles.